The number of aromatic nitrogens is 2. The molecule has 0 radical (unpaired) electrons. The Morgan fingerprint density at radius 2 is 1.70 bits per heavy atom. The highest BCUT2D eigenvalue weighted by atomic mass is 32.2. The second kappa shape index (κ2) is 10.2. The molecule has 1 aromatic carbocycles. The number of hydrogen-bond donors (Lipinski definition) is 1. The zero-order valence-corrected chi connectivity index (χ0v) is 17.7. The van der Waals surface area contributed by atoms with E-state index in [1.807, 2.05) is 0 Å². The highest BCUT2D eigenvalue weighted by molar-refractivity contribution is 7.89. The van der Waals surface area contributed by atoms with Crippen molar-refractivity contribution in [2.24, 2.45) is 0 Å². The van der Waals surface area contributed by atoms with Crippen molar-refractivity contribution in [3.05, 3.63) is 47.8 Å². The molecule has 1 unspecified atom stereocenters. The molecule has 0 fully saturated rings. The SMILES string of the molecule is CCS(=O)(=O)N(CC(Nc1ncc(C#N)cn1)c1ccc(OC(F)(F)F)cc1)CC(F)(F)F. The molecule has 15 heteroatoms. The molecule has 180 valence electrons. The summed E-state index contributed by atoms with van der Waals surface area (Å²) in [6, 6.07) is 4.71. The molecule has 1 N–H and O–H groups in total. The minimum atomic E-state index is -4.95. The molecule has 0 saturated carbocycles. The summed E-state index contributed by atoms with van der Waals surface area (Å²) in [6.45, 7) is -1.34. The number of nitrogens with one attached hydrogen (secondary N) is 1. The maximum Gasteiger partial charge on any atom is 0.573 e. The van der Waals surface area contributed by atoms with Crippen LogP contribution in [0.4, 0.5) is 32.3 Å². The Morgan fingerprint density at radius 1 is 1.12 bits per heavy atom. The smallest absolute Gasteiger partial charge is 0.406 e. The summed E-state index contributed by atoms with van der Waals surface area (Å²) >= 11 is 0. The van der Waals surface area contributed by atoms with Crippen molar-refractivity contribution in [3.63, 3.8) is 0 Å². The van der Waals surface area contributed by atoms with Crippen molar-refractivity contribution in [1.29, 1.82) is 5.26 Å². The van der Waals surface area contributed by atoms with Crippen molar-refractivity contribution < 1.29 is 39.5 Å². The van der Waals surface area contributed by atoms with Gasteiger partial charge in [0, 0.05) is 6.54 Å². The molecule has 33 heavy (non-hydrogen) atoms. The molecule has 2 rings (SSSR count). The summed E-state index contributed by atoms with van der Waals surface area (Å²) in [4.78, 5) is 7.67. The van der Waals surface area contributed by atoms with Gasteiger partial charge < -0.3 is 10.1 Å². The fourth-order valence-electron chi connectivity index (χ4n) is 2.61. The molecule has 1 aromatic heterocycles. The monoisotopic (exact) mass is 497 g/mol. The van der Waals surface area contributed by atoms with Gasteiger partial charge in [0.2, 0.25) is 16.0 Å². The van der Waals surface area contributed by atoms with Gasteiger partial charge in [-0.2, -0.15) is 22.7 Å². The van der Waals surface area contributed by atoms with Crippen LogP contribution in [-0.4, -0.2) is 54.1 Å². The average Bonchev–Trinajstić information content (AvgIpc) is 2.71. The highest BCUT2D eigenvalue weighted by Gasteiger charge is 2.37. The molecular weight excluding hydrogens is 480 g/mol. The van der Waals surface area contributed by atoms with Crippen LogP contribution in [0.5, 0.6) is 5.75 Å². The molecule has 0 aliphatic rings. The van der Waals surface area contributed by atoms with Crippen LogP contribution < -0.4 is 10.1 Å². The Bertz CT molecular complexity index is 1070. The normalized spacial score (nSPS) is 13.4. The summed E-state index contributed by atoms with van der Waals surface area (Å²) in [5, 5.41) is 11.5. The Morgan fingerprint density at radius 3 is 2.15 bits per heavy atom. The van der Waals surface area contributed by atoms with Crippen LogP contribution in [0, 0.1) is 11.3 Å². The van der Waals surface area contributed by atoms with Crippen molar-refractivity contribution in [3.8, 4) is 11.8 Å². The number of sulfonamides is 1. The van der Waals surface area contributed by atoms with Crippen LogP contribution in [0.2, 0.25) is 0 Å². The molecule has 8 nitrogen and oxygen atoms in total. The second-order valence-corrected chi connectivity index (χ2v) is 8.79. The Labute approximate surface area is 184 Å². The lowest BCUT2D eigenvalue weighted by atomic mass is 10.1. The number of halogens is 6. The Balaban J connectivity index is 2.41. The molecule has 0 spiro atoms. The molecule has 1 atom stereocenters. The zero-order chi connectivity index (χ0) is 24.9. The third-order valence-corrected chi connectivity index (χ3v) is 5.89. The summed E-state index contributed by atoms with van der Waals surface area (Å²) in [5.74, 6) is -1.33. The van der Waals surface area contributed by atoms with Gasteiger partial charge in [0.05, 0.1) is 29.8 Å². The molecule has 1 heterocycles. The summed E-state index contributed by atoms with van der Waals surface area (Å²) in [5.41, 5.74) is 0.231. The van der Waals surface area contributed by atoms with E-state index in [1.54, 1.807) is 6.07 Å². The predicted octanol–water partition coefficient (Wildman–Crippen LogP) is 3.61. The summed E-state index contributed by atoms with van der Waals surface area (Å²) < 4.78 is 105. The van der Waals surface area contributed by atoms with Gasteiger partial charge in [-0.25, -0.2) is 18.4 Å². The van der Waals surface area contributed by atoms with Crippen LogP contribution in [0.25, 0.3) is 0 Å². The van der Waals surface area contributed by atoms with E-state index >= 15 is 0 Å². The second-order valence-electron chi connectivity index (χ2n) is 6.53. The average molecular weight is 497 g/mol. The molecule has 0 saturated heterocycles. The summed E-state index contributed by atoms with van der Waals surface area (Å²) in [6.07, 6.45) is -7.54. The van der Waals surface area contributed by atoms with E-state index in [0.717, 1.165) is 36.7 Å². The quantitative estimate of drug-likeness (QED) is 0.528. The zero-order valence-electron chi connectivity index (χ0n) is 16.9. The van der Waals surface area contributed by atoms with E-state index in [4.69, 9.17) is 5.26 Å². The maximum atomic E-state index is 13.0. The van der Waals surface area contributed by atoms with E-state index in [2.05, 4.69) is 20.0 Å². The number of anilines is 1. The number of alkyl halides is 6. The molecule has 0 aliphatic carbocycles. The van der Waals surface area contributed by atoms with Crippen LogP contribution in [0.3, 0.4) is 0 Å². The molecule has 0 bridgehead atoms. The first-order valence-electron chi connectivity index (χ1n) is 9.11. The van der Waals surface area contributed by atoms with Gasteiger partial charge in [0.25, 0.3) is 0 Å². The van der Waals surface area contributed by atoms with Crippen molar-refractivity contribution in [1.82, 2.24) is 14.3 Å². The minimum Gasteiger partial charge on any atom is -0.406 e. The number of nitrogens with zero attached hydrogens (tertiary/aromatic N) is 4. The minimum absolute atomic E-state index is 0.0954. The van der Waals surface area contributed by atoms with Gasteiger partial charge in [-0.05, 0) is 24.6 Å². The first-order chi connectivity index (χ1) is 15.2. The lowest BCUT2D eigenvalue weighted by Crippen LogP contribution is -2.43. The number of rotatable bonds is 9. The van der Waals surface area contributed by atoms with E-state index in [1.165, 1.54) is 6.92 Å². The standard InChI is InChI=1S/C18H17F6N5O3S/c1-2-33(30,31)29(11-17(19,20)21)10-15(28-16-26-8-12(7-25)9-27-16)13-3-5-14(6-4-13)32-18(22,23)24/h3-6,8-9,15H,2,10-11H2,1H3,(H,26,27,28). The fraction of sp³-hybridized carbons (Fsp3) is 0.389. The first-order valence-corrected chi connectivity index (χ1v) is 10.7. The number of ether oxygens (including phenoxy) is 1. The van der Waals surface area contributed by atoms with Crippen molar-refractivity contribution >= 4 is 16.0 Å². The topological polar surface area (TPSA) is 108 Å². The predicted molar refractivity (Wildman–Crippen MR) is 103 cm³/mol. The summed E-state index contributed by atoms with van der Waals surface area (Å²) in [7, 11) is -4.32. The first kappa shape index (κ1) is 26.1. The highest BCUT2D eigenvalue weighted by Crippen LogP contribution is 2.28. The Hall–Kier alpha value is -3.12. The number of hydrogen-bond acceptors (Lipinski definition) is 7. The Kier molecular flexibility index (Phi) is 8.09. The van der Waals surface area contributed by atoms with Gasteiger partial charge in [-0.3, -0.25) is 0 Å². The molecular formula is C18H17F6N5O3S. The maximum absolute atomic E-state index is 13.0. The van der Waals surface area contributed by atoms with Crippen molar-refractivity contribution in [2.45, 2.75) is 25.5 Å². The van der Waals surface area contributed by atoms with E-state index < -0.39 is 53.2 Å². The van der Waals surface area contributed by atoms with E-state index in [9.17, 15) is 34.8 Å². The van der Waals surface area contributed by atoms with Gasteiger partial charge in [0.15, 0.2) is 0 Å². The van der Waals surface area contributed by atoms with Gasteiger partial charge in [0.1, 0.15) is 18.4 Å². The van der Waals surface area contributed by atoms with Crippen LogP contribution in [-0.2, 0) is 10.0 Å². The van der Waals surface area contributed by atoms with Gasteiger partial charge in [-0.15, -0.1) is 13.2 Å². The number of benzene rings is 1. The number of nitriles is 1. The molecule has 0 amide bonds. The third-order valence-electron chi connectivity index (χ3n) is 4.10. The van der Waals surface area contributed by atoms with Crippen LogP contribution in [0.15, 0.2) is 36.7 Å². The van der Waals surface area contributed by atoms with E-state index in [-0.39, 0.29) is 21.4 Å². The largest absolute Gasteiger partial charge is 0.573 e. The lowest BCUT2D eigenvalue weighted by Gasteiger charge is -2.28. The van der Waals surface area contributed by atoms with Crippen LogP contribution >= 0.6 is 0 Å². The van der Waals surface area contributed by atoms with Crippen LogP contribution in [0.1, 0.15) is 24.1 Å². The van der Waals surface area contributed by atoms with E-state index in [0.29, 0.717) is 0 Å². The van der Waals surface area contributed by atoms with Gasteiger partial charge >= 0.3 is 12.5 Å². The fourth-order valence-corrected chi connectivity index (χ4v) is 3.70. The molecule has 0 aliphatic heterocycles. The third kappa shape index (κ3) is 8.39. The van der Waals surface area contributed by atoms with Gasteiger partial charge in [-0.1, -0.05) is 12.1 Å². The molecule has 2 aromatic rings. The van der Waals surface area contributed by atoms with Crippen molar-refractivity contribution in [2.75, 3.05) is 24.2 Å². The lowest BCUT2D eigenvalue weighted by molar-refractivity contribution is -0.274.